The third-order valence-electron chi connectivity index (χ3n) is 3.73. The number of nitrogens with two attached hydrogens (primary N) is 1. The standard InChI is InChI=1S/C16H16ClN5O/c1-8-16(22(3)9(2)20-8)15-14(19-7-13(18)21-15)10-4-5-12(23)11(17)6-10/h4-7,23H,1-3H3,(H2,18,21). The zero-order valence-electron chi connectivity index (χ0n) is 13.0. The van der Waals surface area contributed by atoms with E-state index in [9.17, 15) is 5.11 Å². The Morgan fingerprint density at radius 3 is 2.52 bits per heavy atom. The van der Waals surface area contributed by atoms with E-state index in [0.717, 1.165) is 22.8 Å². The molecule has 0 aliphatic rings. The van der Waals surface area contributed by atoms with Crippen molar-refractivity contribution < 1.29 is 5.11 Å². The van der Waals surface area contributed by atoms with Gasteiger partial charge in [-0.25, -0.2) is 9.97 Å². The molecule has 0 spiro atoms. The fraction of sp³-hybridized carbons (Fsp3) is 0.188. The molecule has 0 radical (unpaired) electrons. The molecule has 0 unspecified atom stereocenters. The molecule has 3 rings (SSSR count). The summed E-state index contributed by atoms with van der Waals surface area (Å²) in [5.41, 5.74) is 9.53. The number of aromatic hydroxyl groups is 1. The van der Waals surface area contributed by atoms with E-state index < -0.39 is 0 Å². The lowest BCUT2D eigenvalue weighted by Gasteiger charge is -2.11. The summed E-state index contributed by atoms with van der Waals surface area (Å²) < 4.78 is 1.95. The summed E-state index contributed by atoms with van der Waals surface area (Å²) in [6, 6.07) is 4.92. The van der Waals surface area contributed by atoms with Crippen molar-refractivity contribution in [3.8, 4) is 28.4 Å². The minimum absolute atomic E-state index is 0.0212. The molecule has 0 fully saturated rings. The van der Waals surface area contributed by atoms with Gasteiger partial charge in [0.2, 0.25) is 0 Å². The van der Waals surface area contributed by atoms with Crippen LogP contribution >= 0.6 is 11.6 Å². The minimum Gasteiger partial charge on any atom is -0.506 e. The van der Waals surface area contributed by atoms with Crippen molar-refractivity contribution in [2.75, 3.05) is 5.73 Å². The Balaban J connectivity index is 2.29. The average Bonchev–Trinajstić information content (AvgIpc) is 2.75. The van der Waals surface area contributed by atoms with E-state index in [1.165, 1.54) is 12.3 Å². The van der Waals surface area contributed by atoms with Crippen LogP contribution in [0.1, 0.15) is 11.5 Å². The molecule has 118 valence electrons. The number of rotatable bonds is 2. The van der Waals surface area contributed by atoms with Gasteiger partial charge in [-0.3, -0.25) is 4.98 Å². The fourth-order valence-corrected chi connectivity index (χ4v) is 2.72. The highest BCUT2D eigenvalue weighted by atomic mass is 35.5. The van der Waals surface area contributed by atoms with Crippen molar-refractivity contribution in [3.05, 3.63) is 40.9 Å². The molecule has 6 nitrogen and oxygen atoms in total. The van der Waals surface area contributed by atoms with Gasteiger partial charge in [0.05, 0.1) is 28.3 Å². The predicted octanol–water partition coefficient (Wildman–Crippen LogP) is 3.10. The van der Waals surface area contributed by atoms with Crippen molar-refractivity contribution in [1.82, 2.24) is 19.5 Å². The third-order valence-corrected chi connectivity index (χ3v) is 4.03. The first-order valence-corrected chi connectivity index (χ1v) is 7.38. The fourth-order valence-electron chi connectivity index (χ4n) is 2.54. The van der Waals surface area contributed by atoms with E-state index in [1.807, 2.05) is 25.5 Å². The van der Waals surface area contributed by atoms with Gasteiger partial charge < -0.3 is 15.4 Å². The van der Waals surface area contributed by atoms with E-state index in [1.54, 1.807) is 12.1 Å². The summed E-state index contributed by atoms with van der Waals surface area (Å²) >= 11 is 6.02. The molecule has 0 amide bonds. The molecule has 2 aromatic heterocycles. The molecule has 2 heterocycles. The van der Waals surface area contributed by atoms with Crippen LogP contribution < -0.4 is 5.73 Å². The number of nitrogens with zero attached hydrogens (tertiary/aromatic N) is 4. The molecule has 23 heavy (non-hydrogen) atoms. The number of anilines is 1. The van der Waals surface area contributed by atoms with Crippen molar-refractivity contribution in [3.63, 3.8) is 0 Å². The third kappa shape index (κ3) is 2.61. The molecular weight excluding hydrogens is 314 g/mol. The molecule has 3 N–H and O–H groups in total. The Morgan fingerprint density at radius 2 is 1.91 bits per heavy atom. The van der Waals surface area contributed by atoms with Crippen LogP contribution in [0, 0.1) is 13.8 Å². The molecule has 0 aliphatic heterocycles. The number of nitrogen functional groups attached to an aromatic ring is 1. The van der Waals surface area contributed by atoms with Gasteiger partial charge in [0.15, 0.2) is 0 Å². The maximum atomic E-state index is 9.61. The number of phenolic OH excluding ortho intramolecular Hbond substituents is 1. The molecule has 7 heteroatoms. The van der Waals surface area contributed by atoms with Crippen LogP contribution in [0.5, 0.6) is 5.75 Å². The summed E-state index contributed by atoms with van der Waals surface area (Å²) in [6.45, 7) is 3.84. The summed E-state index contributed by atoms with van der Waals surface area (Å²) in [4.78, 5) is 13.3. The maximum absolute atomic E-state index is 9.61. The van der Waals surface area contributed by atoms with E-state index in [2.05, 4.69) is 15.0 Å². The predicted molar refractivity (Wildman–Crippen MR) is 90.2 cm³/mol. The van der Waals surface area contributed by atoms with Gasteiger partial charge in [-0.05, 0) is 32.0 Å². The highest BCUT2D eigenvalue weighted by Crippen LogP contribution is 2.34. The number of benzene rings is 1. The van der Waals surface area contributed by atoms with Crippen molar-refractivity contribution in [2.45, 2.75) is 13.8 Å². The lowest BCUT2D eigenvalue weighted by Crippen LogP contribution is -2.03. The van der Waals surface area contributed by atoms with Gasteiger partial charge in [0, 0.05) is 12.6 Å². The second kappa shape index (κ2) is 5.55. The molecular formula is C16H16ClN5O. The van der Waals surface area contributed by atoms with Crippen LogP contribution in [0.4, 0.5) is 5.82 Å². The first-order valence-electron chi connectivity index (χ1n) is 7.00. The molecule has 3 aromatic rings. The van der Waals surface area contributed by atoms with Crippen molar-refractivity contribution >= 4 is 17.4 Å². The Hall–Kier alpha value is -2.60. The molecule has 0 atom stereocenters. The first kappa shape index (κ1) is 15.3. The Bertz CT molecular complexity index is 904. The van der Waals surface area contributed by atoms with Gasteiger partial charge in [0.1, 0.15) is 23.1 Å². The topological polar surface area (TPSA) is 89.9 Å². The molecule has 0 saturated carbocycles. The normalized spacial score (nSPS) is 11.0. The smallest absolute Gasteiger partial charge is 0.142 e. The van der Waals surface area contributed by atoms with Crippen LogP contribution in [0.15, 0.2) is 24.4 Å². The molecule has 0 aliphatic carbocycles. The average molecular weight is 330 g/mol. The summed E-state index contributed by atoms with van der Waals surface area (Å²) in [7, 11) is 1.92. The zero-order valence-corrected chi connectivity index (χ0v) is 13.8. The number of hydrogen-bond acceptors (Lipinski definition) is 5. The SMILES string of the molecule is Cc1nc(C)n(C)c1-c1nc(N)cnc1-c1ccc(O)c(Cl)c1. The van der Waals surface area contributed by atoms with Gasteiger partial charge in [-0.1, -0.05) is 11.6 Å². The number of hydrogen-bond donors (Lipinski definition) is 2. The highest BCUT2D eigenvalue weighted by Gasteiger charge is 2.19. The number of halogens is 1. The second-order valence-corrected chi connectivity index (χ2v) is 5.72. The van der Waals surface area contributed by atoms with E-state index >= 15 is 0 Å². The monoisotopic (exact) mass is 329 g/mol. The van der Waals surface area contributed by atoms with Crippen LogP contribution in [0.3, 0.4) is 0 Å². The van der Waals surface area contributed by atoms with Crippen molar-refractivity contribution in [2.24, 2.45) is 7.05 Å². The highest BCUT2D eigenvalue weighted by molar-refractivity contribution is 6.32. The quantitative estimate of drug-likeness (QED) is 0.754. The lowest BCUT2D eigenvalue weighted by molar-refractivity contribution is 0.475. The largest absolute Gasteiger partial charge is 0.506 e. The van der Waals surface area contributed by atoms with E-state index in [0.29, 0.717) is 17.2 Å². The number of phenols is 1. The second-order valence-electron chi connectivity index (χ2n) is 5.31. The molecule has 0 saturated heterocycles. The zero-order chi connectivity index (χ0) is 16.7. The molecule has 1 aromatic carbocycles. The van der Waals surface area contributed by atoms with Crippen molar-refractivity contribution in [1.29, 1.82) is 0 Å². The summed E-state index contributed by atoms with van der Waals surface area (Å²) in [6.07, 6.45) is 1.50. The van der Waals surface area contributed by atoms with Crippen LogP contribution in [0.2, 0.25) is 5.02 Å². The number of aromatic nitrogens is 4. The van der Waals surface area contributed by atoms with Crippen LogP contribution in [-0.2, 0) is 7.05 Å². The summed E-state index contributed by atoms with van der Waals surface area (Å²) in [5, 5.41) is 9.87. The number of imidazole rings is 1. The Morgan fingerprint density at radius 1 is 1.17 bits per heavy atom. The van der Waals surface area contributed by atoms with Gasteiger partial charge in [0.25, 0.3) is 0 Å². The lowest BCUT2D eigenvalue weighted by atomic mass is 10.1. The van der Waals surface area contributed by atoms with Gasteiger partial charge in [-0.15, -0.1) is 0 Å². The maximum Gasteiger partial charge on any atom is 0.142 e. The van der Waals surface area contributed by atoms with E-state index in [4.69, 9.17) is 17.3 Å². The minimum atomic E-state index is 0.0212. The Labute approximate surface area is 138 Å². The summed E-state index contributed by atoms with van der Waals surface area (Å²) in [5.74, 6) is 1.22. The number of aryl methyl sites for hydroxylation is 2. The van der Waals surface area contributed by atoms with E-state index in [-0.39, 0.29) is 10.8 Å². The first-order chi connectivity index (χ1) is 10.9. The van der Waals surface area contributed by atoms with Crippen LogP contribution in [0.25, 0.3) is 22.6 Å². The Kier molecular flexibility index (Phi) is 3.69. The molecule has 0 bridgehead atoms. The van der Waals surface area contributed by atoms with Gasteiger partial charge >= 0.3 is 0 Å². The van der Waals surface area contributed by atoms with Gasteiger partial charge in [-0.2, -0.15) is 0 Å². The van der Waals surface area contributed by atoms with Crippen LogP contribution in [-0.4, -0.2) is 24.6 Å².